The van der Waals surface area contributed by atoms with E-state index >= 15 is 0 Å². The summed E-state index contributed by atoms with van der Waals surface area (Å²) in [6.07, 6.45) is 0. The van der Waals surface area contributed by atoms with Gasteiger partial charge in [-0.05, 0) is 30.7 Å². The van der Waals surface area contributed by atoms with E-state index in [1.54, 1.807) is 13.2 Å². The monoisotopic (exact) mass is 308 g/mol. The summed E-state index contributed by atoms with van der Waals surface area (Å²) in [5, 5.41) is 0. The Morgan fingerprint density at radius 2 is 1.85 bits per heavy atom. The first kappa shape index (κ1) is 15.0. The van der Waals surface area contributed by atoms with Gasteiger partial charge in [-0.25, -0.2) is 4.21 Å². The van der Waals surface area contributed by atoms with Crippen LogP contribution in [0.15, 0.2) is 47.4 Å². The van der Waals surface area contributed by atoms with Crippen molar-refractivity contribution in [3.8, 4) is 16.9 Å². The number of methoxy groups -OCH3 is 1. The van der Waals surface area contributed by atoms with Gasteiger partial charge in [0.15, 0.2) is 8.77 Å². The lowest BCUT2D eigenvalue weighted by atomic mass is 10.0. The molecule has 3 nitrogen and oxygen atoms in total. The van der Waals surface area contributed by atoms with Crippen LogP contribution >= 0.6 is 0 Å². The maximum atomic E-state index is 12.4. The fourth-order valence-corrected chi connectivity index (χ4v) is 3.26. The van der Waals surface area contributed by atoms with Crippen molar-refractivity contribution >= 4 is 20.0 Å². The molecule has 0 N–H and O–H groups in total. The molecule has 2 aromatic carbocycles. The molecule has 20 heavy (non-hydrogen) atoms. The van der Waals surface area contributed by atoms with Gasteiger partial charge in [0.25, 0.3) is 0 Å². The summed E-state index contributed by atoms with van der Waals surface area (Å²) in [6.45, 7) is 1.98. The minimum absolute atomic E-state index is 0.522. The summed E-state index contributed by atoms with van der Waals surface area (Å²) >= 11 is 5.08. The number of rotatable bonds is 4. The van der Waals surface area contributed by atoms with Crippen molar-refractivity contribution in [1.82, 2.24) is 0 Å². The smallest absolute Gasteiger partial charge is 0.173 e. The molecule has 0 aliphatic rings. The zero-order chi connectivity index (χ0) is 14.8. The third-order valence-corrected chi connectivity index (χ3v) is 5.28. The Morgan fingerprint density at radius 3 is 2.50 bits per heavy atom. The second-order valence-corrected chi connectivity index (χ2v) is 7.35. The third-order valence-electron chi connectivity index (χ3n) is 3.00. The van der Waals surface area contributed by atoms with Gasteiger partial charge in [0.2, 0.25) is 0 Å². The van der Waals surface area contributed by atoms with Gasteiger partial charge in [0, 0.05) is 16.8 Å². The molecule has 0 aliphatic carbocycles. The van der Waals surface area contributed by atoms with E-state index < -0.39 is 8.77 Å². The number of aryl methyl sites for hydroxylation is 1. The van der Waals surface area contributed by atoms with Crippen LogP contribution in [0.3, 0.4) is 0 Å². The van der Waals surface area contributed by atoms with Gasteiger partial charge < -0.3 is 4.74 Å². The van der Waals surface area contributed by atoms with Gasteiger partial charge in [0.05, 0.1) is 19.1 Å². The average molecular weight is 308 g/mol. The molecule has 0 aliphatic heterocycles. The molecule has 106 valence electrons. The molecule has 0 saturated carbocycles. The number of benzene rings is 2. The molecule has 0 aromatic heterocycles. The summed E-state index contributed by atoms with van der Waals surface area (Å²) < 4.78 is 22.6. The van der Waals surface area contributed by atoms with Crippen molar-refractivity contribution in [2.75, 3.05) is 14.2 Å². The van der Waals surface area contributed by atoms with Crippen LogP contribution in [0.1, 0.15) is 5.56 Å². The molecular formula is C15H16O3S2. The summed E-state index contributed by atoms with van der Waals surface area (Å²) in [5.41, 5.74) is 2.77. The van der Waals surface area contributed by atoms with Crippen LogP contribution in [-0.2, 0) is 24.1 Å². The predicted octanol–water partition coefficient (Wildman–Crippen LogP) is 3.34. The van der Waals surface area contributed by atoms with Gasteiger partial charge in [-0.1, -0.05) is 29.8 Å². The zero-order valence-electron chi connectivity index (χ0n) is 11.6. The van der Waals surface area contributed by atoms with Crippen molar-refractivity contribution in [2.24, 2.45) is 0 Å². The largest absolute Gasteiger partial charge is 0.497 e. The van der Waals surface area contributed by atoms with Crippen molar-refractivity contribution in [3.05, 3.63) is 48.0 Å². The first-order chi connectivity index (χ1) is 9.47. The molecule has 0 bridgehead atoms. The van der Waals surface area contributed by atoms with Crippen molar-refractivity contribution in [1.29, 1.82) is 0 Å². The van der Waals surface area contributed by atoms with Gasteiger partial charge in [-0.2, -0.15) is 0 Å². The van der Waals surface area contributed by atoms with E-state index in [1.165, 1.54) is 7.11 Å². The SMILES string of the molecule is COc1cccc(-c2cc(C)ccc2S(=O)(=S)OC)c1. The molecule has 0 spiro atoms. The number of hydrogen-bond acceptors (Lipinski definition) is 4. The summed E-state index contributed by atoms with van der Waals surface area (Å²) in [6, 6.07) is 13.2. The lowest BCUT2D eigenvalue weighted by Gasteiger charge is -2.13. The topological polar surface area (TPSA) is 35.5 Å². The highest BCUT2D eigenvalue weighted by Gasteiger charge is 2.16. The zero-order valence-corrected chi connectivity index (χ0v) is 13.2. The fraction of sp³-hybridized carbons (Fsp3) is 0.200. The molecule has 1 atom stereocenters. The van der Waals surface area contributed by atoms with E-state index in [2.05, 4.69) is 0 Å². The Labute approximate surface area is 124 Å². The van der Waals surface area contributed by atoms with Crippen LogP contribution in [0.5, 0.6) is 5.75 Å². The van der Waals surface area contributed by atoms with Crippen LogP contribution in [0.25, 0.3) is 11.1 Å². The maximum Gasteiger partial charge on any atom is 0.173 e. The summed E-state index contributed by atoms with van der Waals surface area (Å²) in [5.74, 6) is 0.739. The lowest BCUT2D eigenvalue weighted by molar-refractivity contribution is 0.415. The van der Waals surface area contributed by atoms with Crippen LogP contribution in [0, 0.1) is 6.92 Å². The summed E-state index contributed by atoms with van der Waals surface area (Å²) in [4.78, 5) is 0.522. The second-order valence-electron chi connectivity index (χ2n) is 4.35. The van der Waals surface area contributed by atoms with E-state index in [1.807, 2.05) is 43.3 Å². The second kappa shape index (κ2) is 5.91. The Kier molecular flexibility index (Phi) is 4.42. The normalized spacial score (nSPS) is 13.8. The highest BCUT2D eigenvalue weighted by Crippen LogP contribution is 2.31. The Hall–Kier alpha value is -1.43. The van der Waals surface area contributed by atoms with Gasteiger partial charge in [-0.3, -0.25) is 4.18 Å². The average Bonchev–Trinajstić information content (AvgIpc) is 2.47. The van der Waals surface area contributed by atoms with E-state index in [4.69, 9.17) is 20.1 Å². The predicted molar refractivity (Wildman–Crippen MR) is 83.9 cm³/mol. The molecule has 2 aromatic rings. The van der Waals surface area contributed by atoms with E-state index in [0.717, 1.165) is 22.4 Å². The third kappa shape index (κ3) is 3.00. The highest BCUT2D eigenvalue weighted by molar-refractivity contribution is 8.30. The van der Waals surface area contributed by atoms with Crippen molar-refractivity contribution in [3.63, 3.8) is 0 Å². The maximum absolute atomic E-state index is 12.4. The summed E-state index contributed by atoms with van der Waals surface area (Å²) in [7, 11) is 0.0576. The Morgan fingerprint density at radius 1 is 1.10 bits per heavy atom. The lowest BCUT2D eigenvalue weighted by Crippen LogP contribution is -2.03. The first-order valence-corrected chi connectivity index (χ1v) is 8.44. The minimum Gasteiger partial charge on any atom is -0.497 e. The Bertz CT molecular complexity index is 722. The van der Waals surface area contributed by atoms with Crippen molar-refractivity contribution < 1.29 is 13.1 Å². The number of hydrogen-bond donors (Lipinski definition) is 0. The van der Waals surface area contributed by atoms with Crippen LogP contribution in [-0.4, -0.2) is 18.4 Å². The molecule has 5 heteroatoms. The van der Waals surface area contributed by atoms with Gasteiger partial charge in [0.1, 0.15) is 5.75 Å². The molecule has 0 amide bonds. The highest BCUT2D eigenvalue weighted by atomic mass is 32.8. The molecular weight excluding hydrogens is 292 g/mol. The number of ether oxygens (including phenoxy) is 1. The van der Waals surface area contributed by atoms with Crippen LogP contribution in [0.4, 0.5) is 0 Å². The molecule has 0 heterocycles. The van der Waals surface area contributed by atoms with Gasteiger partial charge in [-0.15, -0.1) is 0 Å². The molecule has 2 rings (SSSR count). The van der Waals surface area contributed by atoms with Crippen LogP contribution < -0.4 is 4.74 Å². The van der Waals surface area contributed by atoms with E-state index in [9.17, 15) is 4.21 Å². The molecule has 0 radical (unpaired) electrons. The minimum atomic E-state index is -2.92. The molecule has 0 saturated heterocycles. The van der Waals surface area contributed by atoms with E-state index in [0.29, 0.717) is 4.90 Å². The standard InChI is InChI=1S/C15H16O3S2/c1-11-7-8-15(20(16,19)18-3)14(9-11)12-5-4-6-13(10-12)17-2/h4-10H,1-3H3. The van der Waals surface area contributed by atoms with Crippen LogP contribution in [0.2, 0.25) is 0 Å². The Balaban J connectivity index is 2.69. The van der Waals surface area contributed by atoms with Crippen molar-refractivity contribution in [2.45, 2.75) is 11.8 Å². The fourth-order valence-electron chi connectivity index (χ4n) is 1.97. The molecule has 0 fully saturated rings. The first-order valence-electron chi connectivity index (χ1n) is 6.03. The van der Waals surface area contributed by atoms with E-state index in [-0.39, 0.29) is 0 Å². The van der Waals surface area contributed by atoms with Gasteiger partial charge >= 0.3 is 0 Å². The quantitative estimate of drug-likeness (QED) is 0.868. The molecule has 1 unspecified atom stereocenters.